The van der Waals surface area contributed by atoms with Crippen LogP contribution in [-0.2, 0) is 0 Å². The molecular weight excluding hydrogens is 276 g/mol. The Kier molecular flexibility index (Phi) is 4.98. The van der Waals surface area contributed by atoms with Gasteiger partial charge < -0.3 is 15.8 Å². The summed E-state index contributed by atoms with van der Waals surface area (Å²) in [4.78, 5) is 1.74. The highest BCUT2D eigenvalue weighted by Gasteiger charge is 2.24. The lowest BCUT2D eigenvalue weighted by atomic mass is 9.92. The van der Waals surface area contributed by atoms with Crippen molar-refractivity contribution in [1.82, 2.24) is 0 Å². The topological polar surface area (TPSA) is 61.8 Å². The molecule has 21 heavy (non-hydrogen) atoms. The molecule has 1 heterocycles. The number of hydrogen-bond donors (Lipinski definition) is 2. The van der Waals surface area contributed by atoms with Gasteiger partial charge in [-0.1, -0.05) is 24.9 Å². The van der Waals surface area contributed by atoms with Gasteiger partial charge in [0.15, 0.2) is 5.84 Å². The second-order valence-electron chi connectivity index (χ2n) is 5.49. The first-order chi connectivity index (χ1) is 10.1. The van der Waals surface area contributed by atoms with E-state index in [2.05, 4.69) is 12.1 Å². The Morgan fingerprint density at radius 2 is 1.90 bits per heavy atom. The number of anilines is 1. The maximum atomic E-state index is 14.2. The number of oxime groups is 1. The van der Waals surface area contributed by atoms with Gasteiger partial charge in [0.05, 0.1) is 0 Å². The van der Waals surface area contributed by atoms with E-state index in [-0.39, 0.29) is 17.1 Å². The Morgan fingerprint density at radius 1 is 1.33 bits per heavy atom. The summed E-state index contributed by atoms with van der Waals surface area (Å²) in [7, 11) is 0. The summed E-state index contributed by atoms with van der Waals surface area (Å²) in [5.41, 5.74) is 5.39. The number of nitrogens with two attached hydrogens (primary N) is 1. The lowest BCUT2D eigenvalue weighted by Crippen LogP contribution is -2.35. The van der Waals surface area contributed by atoms with E-state index in [0.717, 1.165) is 31.4 Å². The fraction of sp³-hybridized carbons (Fsp3) is 0.533. The normalized spacial score (nSPS) is 17.3. The summed E-state index contributed by atoms with van der Waals surface area (Å²) in [5, 5.41) is 11.3. The fourth-order valence-electron chi connectivity index (χ4n) is 2.93. The van der Waals surface area contributed by atoms with Crippen molar-refractivity contribution in [2.75, 3.05) is 18.0 Å². The van der Waals surface area contributed by atoms with E-state index in [0.29, 0.717) is 19.0 Å². The summed E-state index contributed by atoms with van der Waals surface area (Å²) in [5.74, 6) is -1.01. The highest BCUT2D eigenvalue weighted by molar-refractivity contribution is 5.97. The van der Waals surface area contributed by atoms with Crippen LogP contribution in [0.5, 0.6) is 0 Å². The van der Waals surface area contributed by atoms with Crippen LogP contribution in [0.3, 0.4) is 0 Å². The fourth-order valence-corrected chi connectivity index (χ4v) is 2.93. The molecule has 3 N–H and O–H groups in total. The van der Waals surface area contributed by atoms with Gasteiger partial charge in [-0.3, -0.25) is 0 Å². The van der Waals surface area contributed by atoms with Crippen LogP contribution in [0.4, 0.5) is 14.5 Å². The summed E-state index contributed by atoms with van der Waals surface area (Å²) < 4.78 is 28.3. The molecule has 4 nitrogen and oxygen atoms in total. The predicted octanol–water partition coefficient (Wildman–Crippen LogP) is 3.08. The quantitative estimate of drug-likeness (QED) is 0.388. The van der Waals surface area contributed by atoms with Crippen LogP contribution in [0.1, 0.15) is 38.2 Å². The van der Waals surface area contributed by atoms with Gasteiger partial charge in [-0.25, -0.2) is 8.78 Å². The van der Waals surface area contributed by atoms with Crippen molar-refractivity contribution in [3.8, 4) is 0 Å². The predicted molar refractivity (Wildman–Crippen MR) is 78.7 cm³/mol. The minimum atomic E-state index is -0.675. The lowest BCUT2D eigenvalue weighted by Gasteiger charge is -2.34. The Bertz CT molecular complexity index is 503. The molecule has 1 saturated heterocycles. The molecule has 2 rings (SSSR count). The van der Waals surface area contributed by atoms with Gasteiger partial charge in [0, 0.05) is 18.7 Å². The van der Waals surface area contributed by atoms with Crippen molar-refractivity contribution in [2.24, 2.45) is 16.8 Å². The standard InChI is InChI=1S/C15H21F2N3O/c1-2-3-10-4-6-20(7-5-10)14-12(16)8-11(9-13(14)17)15(18)19-21/h8-10,21H,2-7H2,1H3,(H2,18,19). The molecule has 0 aliphatic carbocycles. The number of hydrogen-bond acceptors (Lipinski definition) is 3. The smallest absolute Gasteiger partial charge is 0.170 e. The number of amidine groups is 1. The average molecular weight is 297 g/mol. The number of benzene rings is 1. The third-order valence-corrected chi connectivity index (χ3v) is 4.05. The molecule has 1 aliphatic rings. The Hall–Kier alpha value is -1.85. The van der Waals surface area contributed by atoms with Gasteiger partial charge in [0.25, 0.3) is 0 Å². The number of piperidine rings is 1. The van der Waals surface area contributed by atoms with E-state index in [1.165, 1.54) is 6.42 Å². The summed E-state index contributed by atoms with van der Waals surface area (Å²) in [6, 6.07) is 2.21. The third kappa shape index (κ3) is 3.43. The minimum absolute atomic E-state index is 0.0144. The van der Waals surface area contributed by atoms with E-state index < -0.39 is 11.6 Å². The van der Waals surface area contributed by atoms with E-state index in [1.807, 2.05) is 0 Å². The van der Waals surface area contributed by atoms with Gasteiger partial charge in [-0.15, -0.1) is 0 Å². The zero-order valence-corrected chi connectivity index (χ0v) is 12.1. The molecule has 1 aromatic rings. The monoisotopic (exact) mass is 297 g/mol. The van der Waals surface area contributed by atoms with Crippen LogP contribution in [-0.4, -0.2) is 24.1 Å². The average Bonchev–Trinajstić information content (AvgIpc) is 2.47. The molecular formula is C15H21F2N3O. The van der Waals surface area contributed by atoms with E-state index in [9.17, 15) is 8.78 Å². The molecule has 0 radical (unpaired) electrons. The molecule has 0 unspecified atom stereocenters. The SMILES string of the molecule is CCCC1CCN(c2c(F)cc(C(N)=NO)cc2F)CC1. The number of rotatable bonds is 4. The van der Waals surface area contributed by atoms with Crippen LogP contribution < -0.4 is 10.6 Å². The van der Waals surface area contributed by atoms with Crippen molar-refractivity contribution in [2.45, 2.75) is 32.6 Å². The molecule has 0 saturated carbocycles. The maximum absolute atomic E-state index is 14.2. The van der Waals surface area contributed by atoms with E-state index in [4.69, 9.17) is 10.9 Å². The van der Waals surface area contributed by atoms with Gasteiger partial charge in [-0.05, 0) is 30.9 Å². The third-order valence-electron chi connectivity index (χ3n) is 4.05. The molecule has 0 aromatic heterocycles. The molecule has 0 amide bonds. The first-order valence-corrected chi connectivity index (χ1v) is 7.28. The molecule has 0 spiro atoms. The van der Waals surface area contributed by atoms with Gasteiger partial charge in [0.1, 0.15) is 17.3 Å². The van der Waals surface area contributed by atoms with Crippen LogP contribution in [0, 0.1) is 17.6 Å². The molecule has 0 bridgehead atoms. The molecule has 1 fully saturated rings. The summed E-state index contributed by atoms with van der Waals surface area (Å²) >= 11 is 0. The highest BCUT2D eigenvalue weighted by atomic mass is 19.1. The minimum Gasteiger partial charge on any atom is -0.409 e. The van der Waals surface area contributed by atoms with Gasteiger partial charge >= 0.3 is 0 Å². The lowest BCUT2D eigenvalue weighted by molar-refractivity contribution is 0.318. The first-order valence-electron chi connectivity index (χ1n) is 7.28. The molecule has 1 aliphatic heterocycles. The molecule has 1 aromatic carbocycles. The van der Waals surface area contributed by atoms with E-state index in [1.54, 1.807) is 4.90 Å². The molecule has 6 heteroatoms. The zero-order chi connectivity index (χ0) is 15.4. The number of halogens is 2. The summed E-state index contributed by atoms with van der Waals surface area (Å²) in [6.07, 6.45) is 4.21. The van der Waals surface area contributed by atoms with Crippen LogP contribution in [0.25, 0.3) is 0 Å². The van der Waals surface area contributed by atoms with Crippen molar-refractivity contribution >= 4 is 11.5 Å². The molecule has 0 atom stereocenters. The van der Waals surface area contributed by atoms with Crippen LogP contribution in [0.2, 0.25) is 0 Å². The largest absolute Gasteiger partial charge is 0.409 e. The van der Waals surface area contributed by atoms with Gasteiger partial charge in [0.2, 0.25) is 0 Å². The molecule has 116 valence electrons. The second kappa shape index (κ2) is 6.74. The van der Waals surface area contributed by atoms with Crippen LogP contribution in [0.15, 0.2) is 17.3 Å². The Morgan fingerprint density at radius 3 is 2.38 bits per heavy atom. The van der Waals surface area contributed by atoms with Crippen molar-refractivity contribution in [3.63, 3.8) is 0 Å². The van der Waals surface area contributed by atoms with Crippen LogP contribution >= 0.6 is 0 Å². The Labute approximate surface area is 123 Å². The van der Waals surface area contributed by atoms with Crippen molar-refractivity contribution in [3.05, 3.63) is 29.3 Å². The van der Waals surface area contributed by atoms with Crippen molar-refractivity contribution < 1.29 is 14.0 Å². The number of nitrogens with zero attached hydrogens (tertiary/aromatic N) is 2. The van der Waals surface area contributed by atoms with Gasteiger partial charge in [-0.2, -0.15) is 0 Å². The van der Waals surface area contributed by atoms with E-state index >= 15 is 0 Å². The zero-order valence-electron chi connectivity index (χ0n) is 12.1. The van der Waals surface area contributed by atoms with Crippen molar-refractivity contribution in [1.29, 1.82) is 0 Å². The highest BCUT2D eigenvalue weighted by Crippen LogP contribution is 2.30. The second-order valence-corrected chi connectivity index (χ2v) is 5.49. The first kappa shape index (κ1) is 15.5. The summed E-state index contributed by atoms with van der Waals surface area (Å²) in [6.45, 7) is 3.46. The maximum Gasteiger partial charge on any atom is 0.170 e. The Balaban J connectivity index is 2.18.